The number of ether oxygens (including phenoxy) is 2. The van der Waals surface area contributed by atoms with E-state index in [0.717, 1.165) is 10.5 Å². The maximum atomic E-state index is 12.9. The molecule has 10 nitrogen and oxygen atoms in total. The van der Waals surface area contributed by atoms with Gasteiger partial charge in [-0.1, -0.05) is 48.0 Å². The fourth-order valence-corrected chi connectivity index (χ4v) is 3.66. The Morgan fingerprint density at radius 2 is 1.58 bits per heavy atom. The Morgan fingerprint density at radius 1 is 0.895 bits per heavy atom. The molecule has 0 aromatic heterocycles. The highest BCUT2D eigenvalue weighted by Crippen LogP contribution is 2.24. The van der Waals surface area contributed by atoms with Crippen LogP contribution in [0.2, 0.25) is 0 Å². The van der Waals surface area contributed by atoms with E-state index in [-0.39, 0.29) is 18.2 Å². The van der Waals surface area contributed by atoms with Gasteiger partial charge in [0, 0.05) is 11.3 Å². The smallest absolute Gasteiger partial charge is 0.329 e. The third-order valence-electron chi connectivity index (χ3n) is 5.56. The van der Waals surface area contributed by atoms with E-state index in [0.29, 0.717) is 28.4 Å². The molecule has 0 spiro atoms. The lowest BCUT2D eigenvalue weighted by Crippen LogP contribution is -2.38. The minimum absolute atomic E-state index is 0.0275. The number of rotatable bonds is 9. The van der Waals surface area contributed by atoms with Gasteiger partial charge in [0.1, 0.15) is 23.7 Å². The standard InChI is InChI=1S/C28H26N4O6/c1-18-11-13-20(14-12-18)29-26(34)17-38-23-9-5-3-7-19(23)15-22-27(35)32(28(36)31-22)16-25(33)30-21-8-4-6-10-24(21)37-2/h3-15H,16-17H2,1-2H3,(H,29,34)(H,30,33)(H,31,36)/b22-15+. The van der Waals surface area contributed by atoms with Crippen molar-refractivity contribution in [1.29, 1.82) is 0 Å². The summed E-state index contributed by atoms with van der Waals surface area (Å²) in [4.78, 5) is 51.0. The number of hydrogen-bond donors (Lipinski definition) is 3. The molecule has 10 heteroatoms. The molecule has 0 saturated carbocycles. The molecule has 4 rings (SSSR count). The number of aryl methyl sites for hydroxylation is 1. The molecule has 3 N–H and O–H groups in total. The highest BCUT2D eigenvalue weighted by molar-refractivity contribution is 6.16. The Hall–Kier alpha value is -5.12. The number of anilines is 2. The molecule has 1 aliphatic rings. The van der Waals surface area contributed by atoms with Gasteiger partial charge in [0.15, 0.2) is 6.61 Å². The van der Waals surface area contributed by atoms with Crippen molar-refractivity contribution in [3.05, 3.63) is 89.6 Å². The summed E-state index contributed by atoms with van der Waals surface area (Å²) in [5, 5.41) is 7.87. The first kappa shape index (κ1) is 26.0. The summed E-state index contributed by atoms with van der Waals surface area (Å²) in [6.07, 6.45) is 1.44. The second kappa shape index (κ2) is 11.7. The van der Waals surface area contributed by atoms with Crippen LogP contribution in [0.3, 0.4) is 0 Å². The quantitative estimate of drug-likeness (QED) is 0.296. The number of methoxy groups -OCH3 is 1. The fraction of sp³-hybridized carbons (Fsp3) is 0.143. The van der Waals surface area contributed by atoms with Crippen molar-refractivity contribution >= 4 is 41.2 Å². The number of nitrogens with one attached hydrogen (secondary N) is 3. The summed E-state index contributed by atoms with van der Waals surface area (Å²) in [5.41, 5.74) is 2.58. The average Bonchev–Trinajstić information content (AvgIpc) is 3.17. The first-order valence-electron chi connectivity index (χ1n) is 11.7. The van der Waals surface area contributed by atoms with Crippen molar-refractivity contribution in [3.63, 3.8) is 0 Å². The predicted molar refractivity (Wildman–Crippen MR) is 142 cm³/mol. The number of carbonyl (C=O) groups is 4. The van der Waals surface area contributed by atoms with Gasteiger partial charge in [0.25, 0.3) is 11.8 Å². The van der Waals surface area contributed by atoms with Crippen LogP contribution in [0.15, 0.2) is 78.5 Å². The van der Waals surface area contributed by atoms with Crippen LogP contribution in [0.4, 0.5) is 16.2 Å². The third-order valence-corrected chi connectivity index (χ3v) is 5.56. The monoisotopic (exact) mass is 514 g/mol. The topological polar surface area (TPSA) is 126 Å². The molecule has 1 aliphatic heterocycles. The summed E-state index contributed by atoms with van der Waals surface area (Å²) < 4.78 is 10.9. The van der Waals surface area contributed by atoms with Gasteiger partial charge < -0.3 is 25.4 Å². The third kappa shape index (κ3) is 6.35. The maximum absolute atomic E-state index is 12.9. The first-order valence-corrected chi connectivity index (χ1v) is 11.7. The molecular weight excluding hydrogens is 488 g/mol. The van der Waals surface area contributed by atoms with E-state index < -0.39 is 24.4 Å². The van der Waals surface area contributed by atoms with Crippen LogP contribution in [-0.4, -0.2) is 48.9 Å². The lowest BCUT2D eigenvalue weighted by Gasteiger charge is -2.13. The van der Waals surface area contributed by atoms with Gasteiger partial charge in [-0.15, -0.1) is 0 Å². The van der Waals surface area contributed by atoms with E-state index in [9.17, 15) is 19.2 Å². The molecule has 38 heavy (non-hydrogen) atoms. The molecule has 0 bridgehead atoms. The normalized spacial score (nSPS) is 13.7. The number of amides is 5. The van der Waals surface area contributed by atoms with Crippen LogP contribution in [-0.2, 0) is 14.4 Å². The molecule has 0 atom stereocenters. The zero-order valence-electron chi connectivity index (χ0n) is 20.8. The number of nitrogens with zero attached hydrogens (tertiary/aromatic N) is 1. The van der Waals surface area contributed by atoms with Crippen LogP contribution in [0.5, 0.6) is 11.5 Å². The fourth-order valence-electron chi connectivity index (χ4n) is 3.66. The summed E-state index contributed by atoms with van der Waals surface area (Å²) in [6, 6.07) is 20.2. The minimum Gasteiger partial charge on any atom is -0.495 e. The maximum Gasteiger partial charge on any atom is 0.329 e. The van der Waals surface area contributed by atoms with Crippen molar-refractivity contribution in [2.24, 2.45) is 0 Å². The zero-order chi connectivity index (χ0) is 27.1. The van der Waals surface area contributed by atoms with Gasteiger partial charge in [-0.25, -0.2) is 9.69 Å². The van der Waals surface area contributed by atoms with Crippen molar-refractivity contribution in [1.82, 2.24) is 10.2 Å². The Labute approximate surface area is 219 Å². The molecular formula is C28H26N4O6. The van der Waals surface area contributed by atoms with Crippen molar-refractivity contribution in [3.8, 4) is 11.5 Å². The van der Waals surface area contributed by atoms with E-state index in [1.807, 2.05) is 19.1 Å². The Balaban J connectivity index is 1.40. The van der Waals surface area contributed by atoms with E-state index in [4.69, 9.17) is 9.47 Å². The summed E-state index contributed by atoms with van der Waals surface area (Å²) in [7, 11) is 1.47. The van der Waals surface area contributed by atoms with Gasteiger partial charge in [-0.2, -0.15) is 0 Å². The molecule has 3 aromatic carbocycles. The van der Waals surface area contributed by atoms with E-state index in [1.54, 1.807) is 60.7 Å². The summed E-state index contributed by atoms with van der Waals surface area (Å²) in [5.74, 6) is -0.801. The van der Waals surface area contributed by atoms with Crippen LogP contribution >= 0.6 is 0 Å². The summed E-state index contributed by atoms with van der Waals surface area (Å²) in [6.45, 7) is 1.20. The molecule has 0 radical (unpaired) electrons. The number of carbonyl (C=O) groups excluding carboxylic acids is 4. The number of benzene rings is 3. The molecule has 5 amide bonds. The van der Waals surface area contributed by atoms with Crippen LogP contribution < -0.4 is 25.4 Å². The number of para-hydroxylation sites is 3. The van der Waals surface area contributed by atoms with Crippen LogP contribution in [0.25, 0.3) is 6.08 Å². The van der Waals surface area contributed by atoms with Crippen molar-refractivity contribution < 1.29 is 28.7 Å². The van der Waals surface area contributed by atoms with Gasteiger partial charge in [-0.05, 0) is 43.3 Å². The zero-order valence-corrected chi connectivity index (χ0v) is 20.8. The number of urea groups is 1. The first-order chi connectivity index (χ1) is 18.3. The average molecular weight is 515 g/mol. The second-order valence-corrected chi connectivity index (χ2v) is 8.37. The van der Waals surface area contributed by atoms with Gasteiger partial charge >= 0.3 is 6.03 Å². The Kier molecular flexibility index (Phi) is 8.02. The van der Waals surface area contributed by atoms with Crippen molar-refractivity contribution in [2.45, 2.75) is 6.92 Å². The molecule has 194 valence electrons. The highest BCUT2D eigenvalue weighted by Gasteiger charge is 2.35. The SMILES string of the molecule is COc1ccccc1NC(=O)CN1C(=O)N/C(=C/c2ccccc2OCC(=O)Nc2ccc(C)cc2)C1=O. The second-order valence-electron chi connectivity index (χ2n) is 8.37. The van der Waals surface area contributed by atoms with E-state index in [1.165, 1.54) is 13.2 Å². The van der Waals surface area contributed by atoms with E-state index in [2.05, 4.69) is 16.0 Å². The predicted octanol–water partition coefficient (Wildman–Crippen LogP) is 3.55. The summed E-state index contributed by atoms with van der Waals surface area (Å²) >= 11 is 0. The van der Waals surface area contributed by atoms with Gasteiger partial charge in [0.2, 0.25) is 5.91 Å². The van der Waals surface area contributed by atoms with Crippen LogP contribution in [0.1, 0.15) is 11.1 Å². The van der Waals surface area contributed by atoms with Crippen LogP contribution in [0, 0.1) is 6.92 Å². The molecule has 0 aliphatic carbocycles. The lowest BCUT2D eigenvalue weighted by atomic mass is 10.1. The molecule has 0 unspecified atom stereocenters. The Morgan fingerprint density at radius 3 is 2.32 bits per heavy atom. The molecule has 3 aromatic rings. The van der Waals surface area contributed by atoms with Gasteiger partial charge in [0.05, 0.1) is 12.8 Å². The van der Waals surface area contributed by atoms with E-state index >= 15 is 0 Å². The Bertz CT molecular complexity index is 1400. The lowest BCUT2D eigenvalue weighted by molar-refractivity contribution is -0.127. The molecule has 1 heterocycles. The minimum atomic E-state index is -0.729. The van der Waals surface area contributed by atoms with Gasteiger partial charge in [-0.3, -0.25) is 14.4 Å². The molecule has 1 saturated heterocycles. The number of hydrogen-bond acceptors (Lipinski definition) is 6. The number of imide groups is 1. The van der Waals surface area contributed by atoms with Crippen molar-refractivity contribution in [2.75, 3.05) is 30.9 Å². The molecule has 1 fully saturated rings. The highest BCUT2D eigenvalue weighted by atomic mass is 16.5. The largest absolute Gasteiger partial charge is 0.495 e.